The first-order valence-corrected chi connectivity index (χ1v) is 8.18. The zero-order chi connectivity index (χ0) is 17.6. The molecule has 0 atom stereocenters. The fourth-order valence-electron chi connectivity index (χ4n) is 2.32. The predicted octanol–water partition coefficient (Wildman–Crippen LogP) is 4.30. The number of halogens is 1. The highest BCUT2D eigenvalue weighted by Crippen LogP contribution is 2.15. The molecular formula is C19H17ClN4O. The molecule has 2 aromatic carbocycles. The van der Waals surface area contributed by atoms with Gasteiger partial charge in [-0.2, -0.15) is 0 Å². The molecule has 2 N–H and O–H groups in total. The summed E-state index contributed by atoms with van der Waals surface area (Å²) in [5, 5.41) is 14.5. The van der Waals surface area contributed by atoms with Crippen molar-refractivity contribution in [3.63, 3.8) is 0 Å². The predicted molar refractivity (Wildman–Crippen MR) is 99.9 cm³/mol. The first-order valence-electron chi connectivity index (χ1n) is 7.80. The Labute approximate surface area is 151 Å². The van der Waals surface area contributed by atoms with E-state index in [0.29, 0.717) is 23.1 Å². The van der Waals surface area contributed by atoms with Gasteiger partial charge in [0, 0.05) is 17.3 Å². The summed E-state index contributed by atoms with van der Waals surface area (Å²) in [4.78, 5) is 12.2. The van der Waals surface area contributed by atoms with Crippen molar-refractivity contribution in [2.24, 2.45) is 0 Å². The molecular weight excluding hydrogens is 336 g/mol. The number of aryl methyl sites for hydroxylation is 1. The summed E-state index contributed by atoms with van der Waals surface area (Å²) in [5.74, 6) is 0.279. The zero-order valence-electron chi connectivity index (χ0n) is 13.7. The van der Waals surface area contributed by atoms with E-state index >= 15 is 0 Å². The quantitative estimate of drug-likeness (QED) is 0.718. The minimum atomic E-state index is -0.333. The van der Waals surface area contributed by atoms with Gasteiger partial charge in [-0.15, -0.1) is 10.2 Å². The van der Waals surface area contributed by atoms with Crippen LogP contribution in [0.2, 0.25) is 5.02 Å². The van der Waals surface area contributed by atoms with Crippen LogP contribution in [-0.2, 0) is 6.54 Å². The molecule has 6 heteroatoms. The van der Waals surface area contributed by atoms with Crippen LogP contribution in [0.4, 0.5) is 11.5 Å². The van der Waals surface area contributed by atoms with Crippen molar-refractivity contribution in [2.75, 3.05) is 10.6 Å². The van der Waals surface area contributed by atoms with E-state index in [-0.39, 0.29) is 11.6 Å². The summed E-state index contributed by atoms with van der Waals surface area (Å²) < 4.78 is 0. The molecule has 3 rings (SSSR count). The summed E-state index contributed by atoms with van der Waals surface area (Å²) in [5.41, 5.74) is 3.21. The lowest BCUT2D eigenvalue weighted by Gasteiger charge is -2.07. The van der Waals surface area contributed by atoms with Gasteiger partial charge in [0.1, 0.15) is 5.82 Å². The zero-order valence-corrected chi connectivity index (χ0v) is 14.4. The van der Waals surface area contributed by atoms with E-state index < -0.39 is 0 Å². The molecule has 0 unspecified atom stereocenters. The lowest BCUT2D eigenvalue weighted by Crippen LogP contribution is -2.14. The van der Waals surface area contributed by atoms with Crippen molar-refractivity contribution in [3.05, 3.63) is 82.5 Å². The second-order valence-electron chi connectivity index (χ2n) is 5.61. The van der Waals surface area contributed by atoms with Crippen LogP contribution in [0.1, 0.15) is 21.6 Å². The van der Waals surface area contributed by atoms with Crippen LogP contribution in [0, 0.1) is 6.92 Å². The lowest BCUT2D eigenvalue weighted by molar-refractivity contribution is 0.102. The fraction of sp³-hybridized carbons (Fsp3) is 0.105. The molecule has 0 aliphatic carbocycles. The molecule has 1 aromatic heterocycles. The van der Waals surface area contributed by atoms with E-state index in [9.17, 15) is 4.79 Å². The molecule has 0 aliphatic heterocycles. The summed E-state index contributed by atoms with van der Waals surface area (Å²) in [7, 11) is 0. The highest BCUT2D eigenvalue weighted by Gasteiger charge is 2.09. The van der Waals surface area contributed by atoms with Gasteiger partial charge in [-0.25, -0.2) is 0 Å². The smallest absolute Gasteiger partial charge is 0.276 e. The second-order valence-corrected chi connectivity index (χ2v) is 6.05. The SMILES string of the molecule is Cc1cccc(CNc2ccc(C(=O)Nc3cccc(Cl)c3)nn2)c1. The fourth-order valence-corrected chi connectivity index (χ4v) is 2.51. The first-order chi connectivity index (χ1) is 12.1. The van der Waals surface area contributed by atoms with Gasteiger partial charge in [0.15, 0.2) is 5.69 Å². The normalized spacial score (nSPS) is 10.3. The average molecular weight is 353 g/mol. The number of carbonyl (C=O) groups excluding carboxylic acids is 1. The van der Waals surface area contributed by atoms with Crippen molar-refractivity contribution >= 4 is 29.0 Å². The maximum absolute atomic E-state index is 12.2. The number of rotatable bonds is 5. The van der Waals surface area contributed by atoms with Crippen LogP contribution >= 0.6 is 11.6 Å². The molecule has 0 spiro atoms. The van der Waals surface area contributed by atoms with E-state index in [2.05, 4.69) is 39.9 Å². The first kappa shape index (κ1) is 16.9. The molecule has 0 saturated carbocycles. The maximum Gasteiger partial charge on any atom is 0.276 e. The van der Waals surface area contributed by atoms with Crippen LogP contribution in [0.15, 0.2) is 60.7 Å². The van der Waals surface area contributed by atoms with Crippen molar-refractivity contribution in [1.29, 1.82) is 0 Å². The Balaban J connectivity index is 1.60. The van der Waals surface area contributed by atoms with E-state index in [4.69, 9.17) is 11.6 Å². The molecule has 3 aromatic rings. The summed E-state index contributed by atoms with van der Waals surface area (Å²) in [6.07, 6.45) is 0. The van der Waals surface area contributed by atoms with E-state index in [1.54, 1.807) is 36.4 Å². The molecule has 1 amide bonds. The number of benzene rings is 2. The van der Waals surface area contributed by atoms with Gasteiger partial charge in [0.2, 0.25) is 0 Å². The van der Waals surface area contributed by atoms with Crippen molar-refractivity contribution in [2.45, 2.75) is 13.5 Å². The number of aromatic nitrogens is 2. The Bertz CT molecular complexity index is 881. The van der Waals surface area contributed by atoms with E-state index in [1.165, 1.54) is 5.56 Å². The Morgan fingerprint density at radius 2 is 1.88 bits per heavy atom. The third kappa shape index (κ3) is 4.78. The molecule has 1 heterocycles. The number of hydrogen-bond acceptors (Lipinski definition) is 4. The van der Waals surface area contributed by atoms with Gasteiger partial charge in [0.25, 0.3) is 5.91 Å². The van der Waals surface area contributed by atoms with Crippen molar-refractivity contribution < 1.29 is 4.79 Å². The molecule has 0 bridgehead atoms. The second kappa shape index (κ2) is 7.77. The number of hydrogen-bond donors (Lipinski definition) is 2. The van der Waals surface area contributed by atoms with Crippen LogP contribution in [0.3, 0.4) is 0 Å². The topological polar surface area (TPSA) is 66.9 Å². The molecule has 0 aliphatic rings. The van der Waals surface area contributed by atoms with Crippen LogP contribution in [-0.4, -0.2) is 16.1 Å². The number of anilines is 2. The third-order valence-corrected chi connectivity index (χ3v) is 3.77. The number of carbonyl (C=O) groups is 1. The molecule has 0 fully saturated rings. The van der Waals surface area contributed by atoms with Crippen LogP contribution in [0.5, 0.6) is 0 Å². The van der Waals surface area contributed by atoms with E-state index in [0.717, 1.165) is 5.56 Å². The monoisotopic (exact) mass is 352 g/mol. The highest BCUT2D eigenvalue weighted by molar-refractivity contribution is 6.30. The van der Waals surface area contributed by atoms with Crippen molar-refractivity contribution in [3.8, 4) is 0 Å². The number of nitrogens with zero attached hydrogens (tertiary/aromatic N) is 2. The molecule has 25 heavy (non-hydrogen) atoms. The Morgan fingerprint density at radius 3 is 2.60 bits per heavy atom. The summed E-state index contributed by atoms with van der Waals surface area (Å²) in [6.45, 7) is 2.70. The standard InChI is InChI=1S/C19H17ClN4O/c1-13-4-2-5-14(10-13)12-21-18-9-8-17(23-24-18)19(25)22-16-7-3-6-15(20)11-16/h2-11H,12H2,1H3,(H,21,24)(H,22,25). The minimum absolute atomic E-state index is 0.237. The van der Waals surface area contributed by atoms with Crippen LogP contribution in [0.25, 0.3) is 0 Å². The van der Waals surface area contributed by atoms with Gasteiger partial charge in [-0.05, 0) is 42.8 Å². The lowest BCUT2D eigenvalue weighted by atomic mass is 10.1. The van der Waals surface area contributed by atoms with Gasteiger partial charge in [-0.3, -0.25) is 4.79 Å². The average Bonchev–Trinajstić information content (AvgIpc) is 2.60. The Hall–Kier alpha value is -2.92. The van der Waals surface area contributed by atoms with Crippen LogP contribution < -0.4 is 10.6 Å². The number of nitrogens with one attached hydrogen (secondary N) is 2. The summed E-state index contributed by atoms with van der Waals surface area (Å²) in [6, 6.07) is 18.5. The Morgan fingerprint density at radius 1 is 1.04 bits per heavy atom. The highest BCUT2D eigenvalue weighted by atomic mass is 35.5. The van der Waals surface area contributed by atoms with Crippen molar-refractivity contribution in [1.82, 2.24) is 10.2 Å². The molecule has 5 nitrogen and oxygen atoms in total. The van der Waals surface area contributed by atoms with Gasteiger partial charge < -0.3 is 10.6 Å². The molecule has 0 saturated heterocycles. The van der Waals surface area contributed by atoms with E-state index in [1.807, 2.05) is 12.1 Å². The molecule has 126 valence electrons. The van der Waals surface area contributed by atoms with Gasteiger partial charge in [0.05, 0.1) is 0 Å². The Kier molecular flexibility index (Phi) is 5.26. The van der Waals surface area contributed by atoms with Gasteiger partial charge >= 0.3 is 0 Å². The maximum atomic E-state index is 12.2. The molecule has 0 radical (unpaired) electrons. The summed E-state index contributed by atoms with van der Waals surface area (Å²) >= 11 is 5.90. The third-order valence-electron chi connectivity index (χ3n) is 3.54. The number of amides is 1. The minimum Gasteiger partial charge on any atom is -0.365 e. The largest absolute Gasteiger partial charge is 0.365 e. The van der Waals surface area contributed by atoms with Gasteiger partial charge in [-0.1, -0.05) is 47.5 Å².